The van der Waals surface area contributed by atoms with Gasteiger partial charge in [-0.05, 0) is 42.3 Å². The number of benzene rings is 1. The highest BCUT2D eigenvalue weighted by atomic mass is 19.4. The Morgan fingerprint density at radius 2 is 1.88 bits per heavy atom. The largest absolute Gasteiger partial charge is 0.433 e. The maximum absolute atomic E-state index is 12.9. The first kappa shape index (κ1) is 22.9. The summed E-state index contributed by atoms with van der Waals surface area (Å²) in [6.45, 7) is 2.14. The number of imidazole rings is 1. The highest BCUT2D eigenvalue weighted by molar-refractivity contribution is 5.92. The van der Waals surface area contributed by atoms with Crippen LogP contribution in [0.1, 0.15) is 27.4 Å². The monoisotopic (exact) mass is 467 g/mol. The summed E-state index contributed by atoms with van der Waals surface area (Å²) in [5.41, 5.74) is 2.84. The average Bonchev–Trinajstić information content (AvgIpc) is 3.22. The second-order valence-electron chi connectivity index (χ2n) is 7.62. The molecule has 8 nitrogen and oxygen atoms in total. The number of nitrogens with zero attached hydrogens (tertiary/aromatic N) is 5. The van der Waals surface area contributed by atoms with Crippen molar-refractivity contribution in [2.75, 3.05) is 5.32 Å². The molecule has 0 saturated heterocycles. The lowest BCUT2D eigenvalue weighted by Crippen LogP contribution is -2.23. The van der Waals surface area contributed by atoms with Crippen LogP contribution in [0.4, 0.5) is 24.8 Å². The van der Waals surface area contributed by atoms with Gasteiger partial charge in [0.2, 0.25) is 5.95 Å². The highest BCUT2D eigenvalue weighted by Gasteiger charge is 2.32. The van der Waals surface area contributed by atoms with E-state index in [4.69, 9.17) is 0 Å². The van der Waals surface area contributed by atoms with Gasteiger partial charge in [0.1, 0.15) is 11.4 Å². The summed E-state index contributed by atoms with van der Waals surface area (Å²) in [4.78, 5) is 28.2. The van der Waals surface area contributed by atoms with Crippen LogP contribution >= 0.6 is 0 Å². The first-order valence-corrected chi connectivity index (χ1v) is 10.2. The van der Waals surface area contributed by atoms with Crippen LogP contribution in [0, 0.1) is 6.92 Å². The number of aryl methyl sites for hydroxylation is 2. The number of anilines is 2. The van der Waals surface area contributed by atoms with Gasteiger partial charge < -0.3 is 15.2 Å². The van der Waals surface area contributed by atoms with Gasteiger partial charge in [0.25, 0.3) is 5.91 Å². The van der Waals surface area contributed by atoms with Gasteiger partial charge in [-0.1, -0.05) is 12.1 Å². The van der Waals surface area contributed by atoms with Crippen LogP contribution in [0.15, 0.2) is 61.3 Å². The second-order valence-corrected chi connectivity index (χ2v) is 7.62. The molecule has 0 aliphatic heterocycles. The first-order chi connectivity index (χ1) is 16.2. The molecular formula is C23H20F3N7O. The van der Waals surface area contributed by atoms with Gasteiger partial charge in [-0.25, -0.2) is 15.0 Å². The summed E-state index contributed by atoms with van der Waals surface area (Å²) in [6, 6.07) is 9.58. The number of halogens is 3. The highest BCUT2D eigenvalue weighted by Crippen LogP contribution is 2.29. The van der Waals surface area contributed by atoms with Crippen molar-refractivity contribution in [2.45, 2.75) is 19.6 Å². The lowest BCUT2D eigenvalue weighted by Gasteiger charge is -2.11. The number of hydrogen-bond acceptors (Lipinski definition) is 6. The maximum Gasteiger partial charge on any atom is 0.433 e. The van der Waals surface area contributed by atoms with Crippen LogP contribution in [0.3, 0.4) is 0 Å². The Balaban J connectivity index is 1.48. The normalized spacial score (nSPS) is 11.3. The molecule has 3 heterocycles. The van der Waals surface area contributed by atoms with Crippen molar-refractivity contribution in [1.29, 1.82) is 0 Å². The van der Waals surface area contributed by atoms with Crippen LogP contribution in [-0.2, 0) is 19.8 Å². The molecule has 0 aliphatic rings. The first-order valence-electron chi connectivity index (χ1n) is 10.2. The summed E-state index contributed by atoms with van der Waals surface area (Å²) in [5.74, 6) is -0.491. The predicted octanol–water partition coefficient (Wildman–Crippen LogP) is 4.27. The minimum absolute atomic E-state index is 0.163. The topological polar surface area (TPSA) is 97.6 Å². The molecule has 34 heavy (non-hydrogen) atoms. The Hall–Kier alpha value is -4.28. The number of amides is 1. The number of aromatic nitrogens is 5. The zero-order valence-electron chi connectivity index (χ0n) is 18.3. The molecule has 4 rings (SSSR count). The van der Waals surface area contributed by atoms with Crippen LogP contribution in [0.2, 0.25) is 0 Å². The van der Waals surface area contributed by atoms with Crippen LogP contribution < -0.4 is 10.6 Å². The number of carbonyl (C=O) groups is 1. The summed E-state index contributed by atoms with van der Waals surface area (Å²) in [6.07, 6.45) is 1.52. The Morgan fingerprint density at radius 3 is 2.56 bits per heavy atom. The summed E-state index contributed by atoms with van der Waals surface area (Å²) < 4.78 is 40.6. The fourth-order valence-electron chi connectivity index (χ4n) is 3.25. The third-order valence-corrected chi connectivity index (χ3v) is 4.80. The molecule has 0 saturated carbocycles. The Labute approximate surface area is 192 Å². The second kappa shape index (κ2) is 9.30. The fourth-order valence-corrected chi connectivity index (χ4v) is 3.25. The number of rotatable bonds is 6. The molecule has 0 unspecified atom stereocenters. The molecule has 0 bridgehead atoms. The zero-order valence-corrected chi connectivity index (χ0v) is 18.3. The average molecular weight is 467 g/mol. The lowest BCUT2D eigenvalue weighted by molar-refractivity contribution is -0.141. The summed E-state index contributed by atoms with van der Waals surface area (Å²) >= 11 is 0. The SMILES string of the molecule is Cc1cc(Nc2nccc(C(F)(F)F)n2)cc(-c2ccc(C(=O)NCc3cn(C)cn3)nc2)c1. The molecule has 0 atom stereocenters. The molecule has 0 radical (unpaired) electrons. The van der Waals surface area contributed by atoms with Crippen molar-refractivity contribution in [3.8, 4) is 11.1 Å². The van der Waals surface area contributed by atoms with E-state index in [2.05, 4.69) is 30.6 Å². The van der Waals surface area contributed by atoms with Crippen molar-refractivity contribution < 1.29 is 18.0 Å². The van der Waals surface area contributed by atoms with E-state index in [1.54, 1.807) is 41.4 Å². The van der Waals surface area contributed by atoms with Gasteiger partial charge in [0, 0.05) is 36.9 Å². The van der Waals surface area contributed by atoms with E-state index in [1.807, 2.05) is 26.2 Å². The van der Waals surface area contributed by atoms with Gasteiger partial charge in [0.15, 0.2) is 0 Å². The van der Waals surface area contributed by atoms with Gasteiger partial charge in [-0.15, -0.1) is 0 Å². The third-order valence-electron chi connectivity index (χ3n) is 4.80. The Bertz CT molecular complexity index is 1320. The van der Waals surface area contributed by atoms with Crippen molar-refractivity contribution in [3.05, 3.63) is 84.0 Å². The van der Waals surface area contributed by atoms with Crippen LogP contribution in [0.5, 0.6) is 0 Å². The zero-order chi connectivity index (χ0) is 24.3. The van der Waals surface area contributed by atoms with Crippen molar-refractivity contribution in [3.63, 3.8) is 0 Å². The molecule has 0 spiro atoms. The Morgan fingerprint density at radius 1 is 1.06 bits per heavy atom. The molecule has 1 amide bonds. The lowest BCUT2D eigenvalue weighted by atomic mass is 10.0. The van der Waals surface area contributed by atoms with E-state index in [0.717, 1.165) is 34.6 Å². The van der Waals surface area contributed by atoms with E-state index in [0.29, 0.717) is 5.69 Å². The molecule has 2 N–H and O–H groups in total. The smallest absolute Gasteiger partial charge is 0.345 e. The molecule has 1 aromatic carbocycles. The van der Waals surface area contributed by atoms with Crippen molar-refractivity contribution in [1.82, 2.24) is 29.8 Å². The number of nitrogens with one attached hydrogen (secondary N) is 2. The molecule has 0 fully saturated rings. The van der Waals surface area contributed by atoms with E-state index >= 15 is 0 Å². The Kier molecular flexibility index (Phi) is 6.26. The fraction of sp³-hybridized carbons (Fsp3) is 0.174. The van der Waals surface area contributed by atoms with Crippen LogP contribution in [0.25, 0.3) is 11.1 Å². The molecule has 4 aromatic rings. The number of alkyl halides is 3. The van der Waals surface area contributed by atoms with Crippen molar-refractivity contribution >= 4 is 17.5 Å². The third kappa shape index (κ3) is 5.55. The number of carbonyl (C=O) groups excluding carboxylic acids is 1. The maximum atomic E-state index is 12.9. The molecular weight excluding hydrogens is 447 g/mol. The van der Waals surface area contributed by atoms with E-state index < -0.39 is 11.9 Å². The molecule has 3 aromatic heterocycles. The molecule has 11 heteroatoms. The van der Waals surface area contributed by atoms with Crippen LogP contribution in [-0.4, -0.2) is 30.4 Å². The number of hydrogen-bond donors (Lipinski definition) is 2. The molecule has 174 valence electrons. The van der Waals surface area contributed by atoms with E-state index in [-0.39, 0.29) is 24.1 Å². The minimum Gasteiger partial charge on any atom is -0.345 e. The standard InChI is InChI=1S/C23H20F3N7O/c1-14-7-16(9-17(8-14)31-22-27-6-5-20(32-22)23(24,25)26)15-3-4-19(28-10-15)21(34)29-11-18-12-33(2)13-30-18/h3-10,12-13H,11H2,1-2H3,(H,29,34)(H,27,31,32). The van der Waals surface area contributed by atoms with Gasteiger partial charge in [0.05, 0.1) is 18.6 Å². The predicted molar refractivity (Wildman–Crippen MR) is 119 cm³/mol. The quantitative estimate of drug-likeness (QED) is 0.440. The number of pyridine rings is 1. The van der Waals surface area contributed by atoms with Crippen molar-refractivity contribution in [2.24, 2.45) is 7.05 Å². The van der Waals surface area contributed by atoms with Gasteiger partial charge in [-0.2, -0.15) is 13.2 Å². The summed E-state index contributed by atoms with van der Waals surface area (Å²) in [5, 5.41) is 5.58. The van der Waals surface area contributed by atoms with E-state index in [9.17, 15) is 18.0 Å². The van der Waals surface area contributed by atoms with Gasteiger partial charge >= 0.3 is 6.18 Å². The van der Waals surface area contributed by atoms with E-state index in [1.165, 1.54) is 0 Å². The summed E-state index contributed by atoms with van der Waals surface area (Å²) in [7, 11) is 1.84. The van der Waals surface area contributed by atoms with Gasteiger partial charge in [-0.3, -0.25) is 9.78 Å². The minimum atomic E-state index is -4.56. The molecule has 0 aliphatic carbocycles.